The van der Waals surface area contributed by atoms with E-state index >= 15 is 0 Å². The molecule has 0 fully saturated rings. The van der Waals surface area contributed by atoms with Gasteiger partial charge >= 0.3 is 0 Å². The van der Waals surface area contributed by atoms with Crippen molar-refractivity contribution in [2.75, 3.05) is 12.3 Å². The van der Waals surface area contributed by atoms with E-state index in [1.54, 1.807) is 6.07 Å². The van der Waals surface area contributed by atoms with E-state index in [1.807, 2.05) is 30.3 Å². The van der Waals surface area contributed by atoms with Gasteiger partial charge in [0.1, 0.15) is 0 Å². The Labute approximate surface area is 97.7 Å². The number of rotatable bonds is 3. The molecule has 16 heavy (non-hydrogen) atoms. The highest BCUT2D eigenvalue weighted by Gasteiger charge is 2.09. The van der Waals surface area contributed by atoms with E-state index in [0.29, 0.717) is 4.88 Å². The van der Waals surface area contributed by atoms with Crippen molar-refractivity contribution in [2.24, 2.45) is 5.73 Å². The number of ketones is 1. The largest absolute Gasteiger partial charge is 0.398 e. The first kappa shape index (κ1) is 10.9. The molecule has 82 valence electrons. The molecule has 0 bridgehead atoms. The maximum absolute atomic E-state index is 11.4. The minimum absolute atomic E-state index is 0.0363. The number of hydrogen-bond donors (Lipinski definition) is 2. The average molecular weight is 232 g/mol. The first-order valence-corrected chi connectivity index (χ1v) is 5.72. The predicted octanol–water partition coefficient (Wildman–Crippen LogP) is 2.14. The molecule has 1 aromatic carbocycles. The minimum Gasteiger partial charge on any atom is -0.398 e. The molecule has 0 amide bonds. The van der Waals surface area contributed by atoms with Gasteiger partial charge < -0.3 is 11.5 Å². The van der Waals surface area contributed by atoms with Crippen LogP contribution in [0, 0.1) is 0 Å². The molecule has 2 aromatic rings. The maximum Gasteiger partial charge on any atom is 0.186 e. The third-order valence-electron chi connectivity index (χ3n) is 2.29. The third-order valence-corrected chi connectivity index (χ3v) is 3.45. The summed E-state index contributed by atoms with van der Waals surface area (Å²) in [6, 6.07) is 11.3. The number of nitrogens with two attached hydrogens (primary N) is 2. The second-order valence-electron chi connectivity index (χ2n) is 3.38. The molecule has 3 nitrogen and oxygen atoms in total. The van der Waals surface area contributed by atoms with Crippen molar-refractivity contribution in [1.82, 2.24) is 0 Å². The molecule has 0 aliphatic carbocycles. The fraction of sp³-hybridized carbons (Fsp3) is 0.0833. The van der Waals surface area contributed by atoms with E-state index in [4.69, 9.17) is 11.5 Å². The summed E-state index contributed by atoms with van der Waals surface area (Å²) in [6.07, 6.45) is 0. The number of hydrogen-bond acceptors (Lipinski definition) is 4. The highest BCUT2D eigenvalue weighted by Crippen LogP contribution is 2.31. The molecule has 0 unspecified atom stereocenters. The summed E-state index contributed by atoms with van der Waals surface area (Å²) < 4.78 is 0. The Balaban J connectivity index is 2.39. The standard InChI is InChI=1S/C12H12N2OS/c13-7-10(15)12-6-5-11(16-12)8-3-1-2-4-9(8)14/h1-6H,7,13-14H2. The number of nitrogen functional groups attached to an aromatic ring is 1. The van der Waals surface area contributed by atoms with Crippen molar-refractivity contribution in [2.45, 2.75) is 0 Å². The van der Waals surface area contributed by atoms with E-state index < -0.39 is 0 Å². The van der Waals surface area contributed by atoms with Gasteiger partial charge in [-0.05, 0) is 18.2 Å². The van der Waals surface area contributed by atoms with Crippen LogP contribution in [-0.4, -0.2) is 12.3 Å². The lowest BCUT2D eigenvalue weighted by Crippen LogP contribution is -2.11. The van der Waals surface area contributed by atoms with Gasteiger partial charge in [0.15, 0.2) is 5.78 Å². The van der Waals surface area contributed by atoms with E-state index in [2.05, 4.69) is 0 Å². The van der Waals surface area contributed by atoms with Crippen LogP contribution in [0.1, 0.15) is 9.67 Å². The van der Waals surface area contributed by atoms with Crippen molar-refractivity contribution in [3.63, 3.8) is 0 Å². The number of Topliss-reactive ketones (excluding diaryl/α,β-unsaturated/α-hetero) is 1. The second kappa shape index (κ2) is 4.47. The molecular formula is C12H12N2OS. The van der Waals surface area contributed by atoms with E-state index in [0.717, 1.165) is 16.1 Å². The third kappa shape index (κ3) is 1.98. The summed E-state index contributed by atoms with van der Waals surface area (Å²) in [5.74, 6) is -0.0363. The number of benzene rings is 1. The Kier molecular flexibility index (Phi) is 3.03. The first-order chi connectivity index (χ1) is 7.72. The van der Waals surface area contributed by atoms with Crippen molar-refractivity contribution in [3.8, 4) is 10.4 Å². The Morgan fingerprint density at radius 3 is 2.62 bits per heavy atom. The zero-order valence-electron chi connectivity index (χ0n) is 8.64. The lowest BCUT2D eigenvalue weighted by Gasteiger charge is -2.01. The summed E-state index contributed by atoms with van der Waals surface area (Å²) in [6.45, 7) is 0.0459. The normalized spacial score (nSPS) is 10.3. The molecule has 1 heterocycles. The fourth-order valence-electron chi connectivity index (χ4n) is 1.45. The highest BCUT2D eigenvalue weighted by atomic mass is 32.1. The minimum atomic E-state index is -0.0363. The van der Waals surface area contributed by atoms with Crippen LogP contribution in [0.4, 0.5) is 5.69 Å². The predicted molar refractivity (Wildman–Crippen MR) is 67.6 cm³/mol. The Morgan fingerprint density at radius 1 is 1.19 bits per heavy atom. The van der Waals surface area contributed by atoms with Gasteiger partial charge in [-0.25, -0.2) is 0 Å². The molecule has 0 saturated carbocycles. The van der Waals surface area contributed by atoms with Crippen molar-refractivity contribution >= 4 is 22.8 Å². The number of para-hydroxylation sites is 1. The Morgan fingerprint density at radius 2 is 1.94 bits per heavy atom. The molecule has 0 spiro atoms. The lowest BCUT2D eigenvalue weighted by atomic mass is 10.1. The van der Waals surface area contributed by atoms with Gasteiger partial charge in [-0.15, -0.1) is 11.3 Å². The van der Waals surface area contributed by atoms with E-state index in [1.165, 1.54) is 11.3 Å². The molecule has 0 aliphatic heterocycles. The van der Waals surface area contributed by atoms with E-state index in [-0.39, 0.29) is 12.3 Å². The summed E-state index contributed by atoms with van der Waals surface area (Å²) in [4.78, 5) is 13.1. The molecule has 2 rings (SSSR count). The second-order valence-corrected chi connectivity index (χ2v) is 4.46. The van der Waals surface area contributed by atoms with Crippen LogP contribution in [0.5, 0.6) is 0 Å². The molecular weight excluding hydrogens is 220 g/mol. The SMILES string of the molecule is NCC(=O)c1ccc(-c2ccccc2N)s1. The Bertz CT molecular complexity index is 519. The fourth-order valence-corrected chi connectivity index (χ4v) is 2.46. The maximum atomic E-state index is 11.4. The quantitative estimate of drug-likeness (QED) is 0.629. The van der Waals surface area contributed by atoms with Crippen LogP contribution in [0.25, 0.3) is 10.4 Å². The number of carbonyl (C=O) groups is 1. The summed E-state index contributed by atoms with van der Waals surface area (Å²) in [5, 5.41) is 0. The van der Waals surface area contributed by atoms with Gasteiger partial charge in [0.2, 0.25) is 0 Å². The number of thiophene rings is 1. The van der Waals surface area contributed by atoms with Gasteiger partial charge in [-0.2, -0.15) is 0 Å². The molecule has 1 aromatic heterocycles. The molecule has 4 heteroatoms. The topological polar surface area (TPSA) is 69.1 Å². The summed E-state index contributed by atoms with van der Waals surface area (Å²) in [7, 11) is 0. The molecule has 4 N–H and O–H groups in total. The molecule has 0 radical (unpaired) electrons. The van der Waals surface area contributed by atoms with E-state index in [9.17, 15) is 4.79 Å². The van der Waals surface area contributed by atoms with Gasteiger partial charge in [0.25, 0.3) is 0 Å². The van der Waals surface area contributed by atoms with Crippen molar-refractivity contribution < 1.29 is 4.79 Å². The van der Waals surface area contributed by atoms with Gasteiger partial charge in [-0.1, -0.05) is 18.2 Å². The van der Waals surface area contributed by atoms with Crippen LogP contribution in [0.2, 0.25) is 0 Å². The average Bonchev–Trinajstić information content (AvgIpc) is 2.78. The molecule has 0 atom stereocenters. The molecule has 0 saturated heterocycles. The van der Waals surface area contributed by atoms with Crippen molar-refractivity contribution in [1.29, 1.82) is 0 Å². The van der Waals surface area contributed by atoms with Crippen molar-refractivity contribution in [3.05, 3.63) is 41.3 Å². The number of anilines is 1. The van der Waals surface area contributed by atoms with Crippen LogP contribution in [0.15, 0.2) is 36.4 Å². The monoisotopic (exact) mass is 232 g/mol. The summed E-state index contributed by atoms with van der Waals surface area (Å²) in [5.41, 5.74) is 12.9. The van der Waals surface area contributed by atoms with Gasteiger partial charge in [0.05, 0.1) is 11.4 Å². The van der Waals surface area contributed by atoms with Crippen LogP contribution in [0.3, 0.4) is 0 Å². The Hall–Kier alpha value is -1.65. The highest BCUT2D eigenvalue weighted by molar-refractivity contribution is 7.17. The lowest BCUT2D eigenvalue weighted by molar-refractivity contribution is 0.100. The smallest absolute Gasteiger partial charge is 0.186 e. The van der Waals surface area contributed by atoms with Crippen LogP contribution >= 0.6 is 11.3 Å². The van der Waals surface area contributed by atoms with Crippen LogP contribution < -0.4 is 11.5 Å². The number of carbonyl (C=O) groups excluding carboxylic acids is 1. The zero-order chi connectivity index (χ0) is 11.5. The first-order valence-electron chi connectivity index (χ1n) is 4.90. The molecule has 0 aliphatic rings. The van der Waals surface area contributed by atoms with Gasteiger partial charge in [-0.3, -0.25) is 4.79 Å². The van der Waals surface area contributed by atoms with Crippen LogP contribution in [-0.2, 0) is 0 Å². The van der Waals surface area contributed by atoms with Gasteiger partial charge in [0, 0.05) is 16.1 Å². The zero-order valence-corrected chi connectivity index (χ0v) is 9.46. The summed E-state index contributed by atoms with van der Waals surface area (Å²) >= 11 is 1.42.